The van der Waals surface area contributed by atoms with Crippen LogP contribution >= 0.6 is 23.4 Å². The summed E-state index contributed by atoms with van der Waals surface area (Å²) in [6, 6.07) is 5.25. The predicted octanol–water partition coefficient (Wildman–Crippen LogP) is 5.02. The Hall–Kier alpha value is -2.22. The van der Waals surface area contributed by atoms with Crippen molar-refractivity contribution in [2.75, 3.05) is 6.61 Å². The second kappa shape index (κ2) is 12.6. The summed E-state index contributed by atoms with van der Waals surface area (Å²) >= 11 is 8.14. The zero-order valence-electron chi connectivity index (χ0n) is 22.8. The van der Waals surface area contributed by atoms with Crippen molar-refractivity contribution in [3.8, 4) is 0 Å². The molecule has 1 aromatic carbocycles. The normalized spacial score (nSPS) is 28.9. The number of rotatable bonds is 11. The van der Waals surface area contributed by atoms with E-state index in [9.17, 15) is 18.7 Å². The van der Waals surface area contributed by atoms with E-state index in [0.29, 0.717) is 22.7 Å². The van der Waals surface area contributed by atoms with Gasteiger partial charge in [-0.2, -0.15) is 0 Å². The second-order valence-electron chi connectivity index (χ2n) is 10.6. The van der Waals surface area contributed by atoms with Gasteiger partial charge in [-0.05, 0) is 42.5 Å². The minimum Gasteiger partial charge on any atom is -0.376 e. The Balaban J connectivity index is 1.61. The van der Waals surface area contributed by atoms with Crippen molar-refractivity contribution < 1.29 is 27.9 Å². The number of hydrazine groups is 1. The zero-order chi connectivity index (χ0) is 29.3. The van der Waals surface area contributed by atoms with Gasteiger partial charge >= 0.3 is 0 Å². The summed E-state index contributed by atoms with van der Waals surface area (Å²) < 4.78 is 42.7. The number of nitrogens with zero attached hydrogens (tertiary/aromatic N) is 3. The summed E-state index contributed by atoms with van der Waals surface area (Å²) in [5, 5.41) is 23.3. The van der Waals surface area contributed by atoms with Crippen LogP contribution in [0.4, 0.5) is 13.2 Å². The van der Waals surface area contributed by atoms with Crippen molar-refractivity contribution in [2.45, 2.75) is 81.6 Å². The van der Waals surface area contributed by atoms with Crippen LogP contribution in [0.3, 0.4) is 0 Å². The molecule has 2 fully saturated rings. The minimum atomic E-state index is -2.80. The minimum absolute atomic E-state index is 0.0908. The molecule has 41 heavy (non-hydrogen) atoms. The Morgan fingerprint density at radius 3 is 2.76 bits per heavy atom. The van der Waals surface area contributed by atoms with Crippen molar-refractivity contribution >= 4 is 29.3 Å². The van der Waals surface area contributed by atoms with Crippen LogP contribution in [0.2, 0.25) is 5.02 Å². The topological polar surface area (TPSA) is 80.3 Å². The maximum Gasteiger partial charge on any atom is 0.251 e. The zero-order valence-corrected chi connectivity index (χ0v) is 24.4. The monoisotopic (exact) mass is 613 g/mol. The van der Waals surface area contributed by atoms with Gasteiger partial charge in [0.15, 0.2) is 5.50 Å². The van der Waals surface area contributed by atoms with Gasteiger partial charge in [0.2, 0.25) is 5.91 Å². The fraction of sp³-hybridized carbons (Fsp3) is 0.536. The van der Waals surface area contributed by atoms with Crippen molar-refractivity contribution in [3.63, 3.8) is 0 Å². The van der Waals surface area contributed by atoms with Gasteiger partial charge in [0.05, 0.1) is 6.61 Å². The van der Waals surface area contributed by atoms with Gasteiger partial charge in [-0.1, -0.05) is 59.7 Å². The maximum absolute atomic E-state index is 15.2. The van der Waals surface area contributed by atoms with Gasteiger partial charge in [-0.25, -0.2) is 13.2 Å². The molecule has 0 spiro atoms. The lowest BCUT2D eigenvalue weighted by molar-refractivity contribution is -0.332. The summed E-state index contributed by atoms with van der Waals surface area (Å²) in [6.45, 7) is 3.72. The van der Waals surface area contributed by atoms with E-state index < -0.39 is 55.3 Å². The molecule has 1 amide bonds. The molecule has 13 heteroatoms. The molecular formula is C28H35ClF3N5O3S. The number of halogens is 4. The molecule has 1 saturated carbocycles. The molecule has 2 heterocycles. The quantitative estimate of drug-likeness (QED) is 0.237. The Morgan fingerprint density at radius 2 is 2.10 bits per heavy atom. The number of benzene rings is 1. The molecule has 4 aliphatic rings. The van der Waals surface area contributed by atoms with E-state index >= 15 is 4.39 Å². The van der Waals surface area contributed by atoms with E-state index in [4.69, 9.17) is 16.4 Å². The van der Waals surface area contributed by atoms with Gasteiger partial charge < -0.3 is 10.4 Å². The smallest absolute Gasteiger partial charge is 0.251 e. The molecule has 2 aliphatic carbocycles. The number of hydroxylamine groups is 1. The number of aliphatic hydroxyl groups excluding tert-OH is 1. The molecular weight excluding hydrogens is 579 g/mol. The molecule has 1 aromatic rings. The van der Waals surface area contributed by atoms with E-state index in [0.717, 1.165) is 0 Å². The van der Waals surface area contributed by atoms with Crippen LogP contribution < -0.4 is 10.6 Å². The number of aliphatic hydroxyl groups is 1. The lowest BCUT2D eigenvalue weighted by Crippen LogP contribution is -2.62. The standard InChI is InChI=1S/C28H35ClF3N5O3S/c1-3-40-37(23-11-12-24(38)35(23)27-33-13-14-41-27)36(22-10-6-9-21(30)17(22)2)25(19-7-4-5-8-20(19)29)26(39)34-18-15-28(31,32)16-18/h4-10,13-14,17-18,21,23,25-27,33-34,39H,3,11-12,15-16H2,1-2H3/t17?,21?,23-,25+,26?,27?/m1/s1. The first-order valence-corrected chi connectivity index (χ1v) is 15.1. The van der Waals surface area contributed by atoms with Gasteiger partial charge in [0.25, 0.3) is 5.92 Å². The SMILES string of the molecule is CCON([C@@H]1CCC(=O)N1C1NC=CS1)N(C1=CC=CC(F)C1C)[C@@H](c1ccccc1Cl)C(O)NC1CC(F)(F)C1. The molecule has 4 unspecified atom stereocenters. The molecule has 0 bridgehead atoms. The first kappa shape index (κ1) is 30.2. The van der Waals surface area contributed by atoms with E-state index in [-0.39, 0.29) is 24.4 Å². The Morgan fingerprint density at radius 1 is 1.34 bits per heavy atom. The molecule has 0 aromatic heterocycles. The van der Waals surface area contributed by atoms with Crippen molar-refractivity contribution in [2.24, 2.45) is 5.92 Å². The van der Waals surface area contributed by atoms with Crippen LogP contribution in [0, 0.1) is 5.92 Å². The van der Waals surface area contributed by atoms with Gasteiger partial charge in [-0.3, -0.25) is 24.9 Å². The third kappa shape index (κ3) is 6.28. The Labute approximate surface area is 247 Å². The number of nitrogens with one attached hydrogen (secondary N) is 2. The lowest BCUT2D eigenvalue weighted by Gasteiger charge is -2.50. The van der Waals surface area contributed by atoms with Gasteiger partial charge in [0, 0.05) is 48.1 Å². The summed E-state index contributed by atoms with van der Waals surface area (Å²) in [5.74, 6) is -3.56. The molecule has 1 saturated heterocycles. The van der Waals surface area contributed by atoms with Gasteiger partial charge in [-0.15, -0.1) is 0 Å². The van der Waals surface area contributed by atoms with Crippen LogP contribution in [-0.4, -0.2) is 68.7 Å². The third-order valence-electron chi connectivity index (χ3n) is 7.77. The molecule has 6 atom stereocenters. The highest BCUT2D eigenvalue weighted by atomic mass is 35.5. The molecule has 0 radical (unpaired) electrons. The number of hydrogen-bond donors (Lipinski definition) is 3. The van der Waals surface area contributed by atoms with Crippen molar-refractivity contribution in [1.29, 1.82) is 0 Å². The number of allylic oxidation sites excluding steroid dienone is 4. The molecule has 5 rings (SSSR count). The van der Waals surface area contributed by atoms with Crippen molar-refractivity contribution in [3.05, 3.63) is 70.4 Å². The van der Waals surface area contributed by atoms with E-state index in [1.807, 2.05) is 5.41 Å². The Bertz CT molecular complexity index is 1190. The number of carbonyl (C=O) groups is 1. The first-order valence-electron chi connectivity index (χ1n) is 13.8. The highest BCUT2D eigenvalue weighted by molar-refractivity contribution is 8.02. The van der Waals surface area contributed by atoms with Crippen LogP contribution in [0.15, 0.2) is 59.8 Å². The average molecular weight is 614 g/mol. The van der Waals surface area contributed by atoms with Crippen LogP contribution in [0.25, 0.3) is 0 Å². The van der Waals surface area contributed by atoms with Gasteiger partial charge in [0.1, 0.15) is 24.6 Å². The van der Waals surface area contributed by atoms with Crippen LogP contribution in [-0.2, 0) is 9.63 Å². The number of alkyl halides is 3. The molecule has 3 N–H and O–H groups in total. The van der Waals surface area contributed by atoms with Crippen molar-refractivity contribution in [1.82, 2.24) is 25.7 Å². The summed E-state index contributed by atoms with van der Waals surface area (Å²) in [5.41, 5.74) is 0.571. The number of likely N-dealkylation sites (tertiary alicyclic amines) is 1. The average Bonchev–Trinajstić information content (AvgIpc) is 3.57. The van der Waals surface area contributed by atoms with E-state index in [2.05, 4.69) is 10.6 Å². The highest BCUT2D eigenvalue weighted by Crippen LogP contribution is 2.43. The van der Waals surface area contributed by atoms with Crippen LogP contribution in [0.1, 0.15) is 51.1 Å². The lowest BCUT2D eigenvalue weighted by atomic mass is 9.87. The Kier molecular flexibility index (Phi) is 9.27. The number of carbonyl (C=O) groups excluding carboxylic acids is 1. The summed E-state index contributed by atoms with van der Waals surface area (Å²) in [7, 11) is 0. The second-order valence-corrected chi connectivity index (χ2v) is 12.0. The van der Waals surface area contributed by atoms with E-state index in [1.165, 1.54) is 23.0 Å². The fourth-order valence-corrected chi connectivity index (χ4v) is 6.82. The largest absolute Gasteiger partial charge is 0.376 e. The summed E-state index contributed by atoms with van der Waals surface area (Å²) in [6.07, 6.45) is 3.01. The maximum atomic E-state index is 15.2. The van der Waals surface area contributed by atoms with Crippen LogP contribution in [0.5, 0.6) is 0 Å². The first-order chi connectivity index (χ1) is 19.6. The fourth-order valence-electron chi connectivity index (χ4n) is 5.72. The molecule has 8 nitrogen and oxygen atoms in total. The number of hydrogen-bond acceptors (Lipinski definition) is 8. The number of thioether (sulfide) groups is 1. The molecule has 224 valence electrons. The number of amides is 1. The third-order valence-corrected chi connectivity index (χ3v) is 9.03. The molecule has 2 aliphatic heterocycles. The predicted molar refractivity (Wildman–Crippen MR) is 151 cm³/mol. The highest BCUT2D eigenvalue weighted by Gasteiger charge is 2.50. The van der Waals surface area contributed by atoms with E-state index in [1.54, 1.807) is 66.4 Å². The summed E-state index contributed by atoms with van der Waals surface area (Å²) in [4.78, 5) is 21.1.